The SMILES string of the molecule is CC(C)(C)c1ccc(S(=O)(=O)N2CCN(c3ncnc4sc5c(c34)CCCC5)CC2)cc1. The number of aryl methyl sites for hydroxylation is 2. The molecule has 1 aliphatic heterocycles. The molecule has 1 aromatic carbocycles. The minimum absolute atomic E-state index is 0.00234. The van der Waals surface area contributed by atoms with Crippen LogP contribution in [0.25, 0.3) is 10.2 Å². The second kappa shape index (κ2) is 8.08. The lowest BCUT2D eigenvalue weighted by Crippen LogP contribution is -2.49. The minimum Gasteiger partial charge on any atom is -0.353 e. The highest BCUT2D eigenvalue weighted by molar-refractivity contribution is 7.89. The summed E-state index contributed by atoms with van der Waals surface area (Å²) in [5.74, 6) is 0.973. The number of piperazine rings is 1. The third-order valence-corrected chi connectivity index (χ3v) is 9.74. The van der Waals surface area contributed by atoms with Crippen LogP contribution in [-0.4, -0.2) is 48.9 Å². The van der Waals surface area contributed by atoms with Crippen molar-refractivity contribution in [2.24, 2.45) is 0 Å². The maximum Gasteiger partial charge on any atom is 0.243 e. The fourth-order valence-corrected chi connectivity index (χ4v) is 7.38. The van der Waals surface area contributed by atoms with Crippen molar-refractivity contribution in [2.75, 3.05) is 31.1 Å². The largest absolute Gasteiger partial charge is 0.353 e. The molecule has 3 aromatic rings. The Morgan fingerprint density at radius 2 is 1.62 bits per heavy atom. The van der Waals surface area contributed by atoms with Gasteiger partial charge in [-0.3, -0.25) is 0 Å². The summed E-state index contributed by atoms with van der Waals surface area (Å²) in [7, 11) is -3.50. The molecule has 0 spiro atoms. The van der Waals surface area contributed by atoms with Crippen LogP contribution in [0.15, 0.2) is 35.5 Å². The number of hydrogen-bond acceptors (Lipinski definition) is 6. The van der Waals surface area contributed by atoms with Crippen LogP contribution in [-0.2, 0) is 28.3 Å². The molecule has 6 nitrogen and oxygen atoms in total. The molecule has 0 unspecified atom stereocenters. The Bertz CT molecular complexity index is 1240. The van der Waals surface area contributed by atoms with Crippen molar-refractivity contribution >= 4 is 37.4 Å². The van der Waals surface area contributed by atoms with Gasteiger partial charge in [0.25, 0.3) is 0 Å². The molecule has 1 aliphatic carbocycles. The molecule has 3 heterocycles. The van der Waals surface area contributed by atoms with E-state index in [-0.39, 0.29) is 5.41 Å². The Kier molecular flexibility index (Phi) is 5.50. The van der Waals surface area contributed by atoms with Gasteiger partial charge in [0.1, 0.15) is 17.0 Å². The third kappa shape index (κ3) is 3.82. The second-order valence-corrected chi connectivity index (χ2v) is 12.8. The van der Waals surface area contributed by atoms with E-state index in [0.717, 1.165) is 29.1 Å². The molecule has 8 heteroatoms. The van der Waals surface area contributed by atoms with E-state index in [4.69, 9.17) is 0 Å². The standard InChI is InChI=1S/C24H30N4O2S2/c1-24(2,3)17-8-10-18(11-9-17)32(29,30)28-14-12-27(13-15-28)22-21-19-6-4-5-7-20(19)31-23(21)26-16-25-22/h8-11,16H,4-7,12-15H2,1-3H3. The van der Waals surface area contributed by atoms with Crippen LogP contribution in [0.3, 0.4) is 0 Å². The van der Waals surface area contributed by atoms with Gasteiger partial charge in [0, 0.05) is 31.1 Å². The Morgan fingerprint density at radius 1 is 0.938 bits per heavy atom. The summed E-state index contributed by atoms with van der Waals surface area (Å²) in [5.41, 5.74) is 2.55. The first-order chi connectivity index (χ1) is 15.2. The molecular weight excluding hydrogens is 440 g/mol. The van der Waals surface area contributed by atoms with Crippen LogP contribution in [0, 0.1) is 0 Å². The summed E-state index contributed by atoms with van der Waals surface area (Å²) >= 11 is 1.80. The number of fused-ring (bicyclic) bond motifs is 3. The monoisotopic (exact) mass is 470 g/mol. The zero-order chi connectivity index (χ0) is 22.5. The van der Waals surface area contributed by atoms with Crippen molar-refractivity contribution in [1.82, 2.24) is 14.3 Å². The van der Waals surface area contributed by atoms with Crippen LogP contribution in [0.1, 0.15) is 49.6 Å². The van der Waals surface area contributed by atoms with Crippen molar-refractivity contribution in [2.45, 2.75) is 56.8 Å². The van der Waals surface area contributed by atoms with E-state index in [0.29, 0.717) is 31.1 Å². The maximum absolute atomic E-state index is 13.2. The Labute approximate surface area is 194 Å². The molecular formula is C24H30N4O2S2. The molecule has 0 atom stereocenters. The van der Waals surface area contributed by atoms with Gasteiger partial charge in [-0.05, 0) is 54.4 Å². The highest BCUT2D eigenvalue weighted by Gasteiger charge is 2.31. The zero-order valence-electron chi connectivity index (χ0n) is 19.0. The van der Waals surface area contributed by atoms with Crippen molar-refractivity contribution < 1.29 is 8.42 Å². The lowest BCUT2D eigenvalue weighted by Gasteiger charge is -2.35. The topological polar surface area (TPSA) is 66.4 Å². The molecule has 2 aliphatic rings. The molecule has 0 saturated carbocycles. The number of hydrogen-bond donors (Lipinski definition) is 0. The van der Waals surface area contributed by atoms with E-state index in [1.807, 2.05) is 12.1 Å². The summed E-state index contributed by atoms with van der Waals surface area (Å²) < 4.78 is 28.1. The Balaban J connectivity index is 1.36. The van der Waals surface area contributed by atoms with Gasteiger partial charge >= 0.3 is 0 Å². The average Bonchev–Trinajstić information content (AvgIpc) is 3.17. The van der Waals surface area contributed by atoms with Crippen molar-refractivity contribution in [3.05, 3.63) is 46.6 Å². The third-order valence-electron chi connectivity index (χ3n) is 6.63. The fourth-order valence-electron chi connectivity index (χ4n) is 4.73. The van der Waals surface area contributed by atoms with E-state index < -0.39 is 10.0 Å². The molecule has 0 bridgehead atoms. The molecule has 1 saturated heterocycles. The van der Waals surface area contributed by atoms with Gasteiger partial charge in [0.15, 0.2) is 0 Å². The van der Waals surface area contributed by atoms with E-state index in [2.05, 4.69) is 35.6 Å². The molecule has 0 radical (unpaired) electrons. The van der Waals surface area contributed by atoms with Gasteiger partial charge < -0.3 is 4.90 Å². The van der Waals surface area contributed by atoms with Crippen molar-refractivity contribution in [1.29, 1.82) is 0 Å². The van der Waals surface area contributed by atoms with Crippen molar-refractivity contribution in [3.8, 4) is 0 Å². The summed E-state index contributed by atoms with van der Waals surface area (Å²) in [6, 6.07) is 7.35. The van der Waals surface area contributed by atoms with E-state index in [9.17, 15) is 8.42 Å². The number of aromatic nitrogens is 2. The molecule has 5 rings (SSSR count). The van der Waals surface area contributed by atoms with Crippen molar-refractivity contribution in [3.63, 3.8) is 0 Å². The Morgan fingerprint density at radius 3 is 2.31 bits per heavy atom. The number of thiophene rings is 1. The van der Waals surface area contributed by atoms with E-state index in [1.165, 1.54) is 28.7 Å². The number of sulfonamides is 1. The second-order valence-electron chi connectivity index (χ2n) is 9.75. The lowest BCUT2D eigenvalue weighted by molar-refractivity contribution is 0.384. The van der Waals surface area contributed by atoms with Gasteiger partial charge in [-0.2, -0.15) is 4.31 Å². The number of nitrogens with zero attached hydrogens (tertiary/aromatic N) is 4. The number of anilines is 1. The van der Waals surface area contributed by atoms with Crippen LogP contribution in [0.5, 0.6) is 0 Å². The summed E-state index contributed by atoms with van der Waals surface area (Å²) in [5, 5.41) is 1.20. The predicted octanol–water partition coefficient (Wildman–Crippen LogP) is 4.38. The quantitative estimate of drug-likeness (QED) is 0.568. The highest BCUT2D eigenvalue weighted by Crippen LogP contribution is 2.39. The van der Waals surface area contributed by atoms with Gasteiger partial charge in [0.2, 0.25) is 10.0 Å². The first kappa shape index (κ1) is 21.8. The zero-order valence-corrected chi connectivity index (χ0v) is 20.6. The minimum atomic E-state index is -3.50. The van der Waals surface area contributed by atoms with E-state index >= 15 is 0 Å². The van der Waals surface area contributed by atoms with E-state index in [1.54, 1.807) is 34.1 Å². The molecule has 1 fully saturated rings. The van der Waals surface area contributed by atoms with Gasteiger partial charge in [-0.15, -0.1) is 11.3 Å². The summed E-state index contributed by atoms with van der Waals surface area (Å²) in [6.07, 6.45) is 6.34. The van der Waals surface area contributed by atoms with Gasteiger partial charge in [0.05, 0.1) is 10.3 Å². The van der Waals surface area contributed by atoms with Gasteiger partial charge in [-0.1, -0.05) is 32.9 Å². The summed E-state index contributed by atoms with van der Waals surface area (Å²) in [6.45, 7) is 8.58. The first-order valence-electron chi connectivity index (χ1n) is 11.4. The Hall–Kier alpha value is -2.03. The lowest BCUT2D eigenvalue weighted by atomic mass is 9.87. The van der Waals surface area contributed by atoms with Crippen LogP contribution < -0.4 is 4.90 Å². The smallest absolute Gasteiger partial charge is 0.243 e. The normalized spacial score (nSPS) is 18.2. The molecule has 0 N–H and O–H groups in total. The maximum atomic E-state index is 13.2. The van der Waals surface area contributed by atoms with Gasteiger partial charge in [-0.25, -0.2) is 18.4 Å². The predicted molar refractivity (Wildman–Crippen MR) is 130 cm³/mol. The van der Waals surface area contributed by atoms with Crippen LogP contribution in [0.2, 0.25) is 0 Å². The van der Waals surface area contributed by atoms with Crippen LogP contribution in [0.4, 0.5) is 5.82 Å². The summed E-state index contributed by atoms with van der Waals surface area (Å²) in [4.78, 5) is 14.3. The van der Waals surface area contributed by atoms with Crippen LogP contribution >= 0.6 is 11.3 Å². The molecule has 32 heavy (non-hydrogen) atoms. The highest BCUT2D eigenvalue weighted by atomic mass is 32.2. The number of rotatable bonds is 3. The fraction of sp³-hybridized carbons (Fsp3) is 0.500. The average molecular weight is 471 g/mol. The number of benzene rings is 1. The first-order valence-corrected chi connectivity index (χ1v) is 13.6. The molecule has 0 amide bonds. The molecule has 2 aromatic heterocycles. The molecule has 170 valence electrons.